The van der Waals surface area contributed by atoms with Crippen molar-refractivity contribution < 1.29 is 0 Å². The van der Waals surface area contributed by atoms with Crippen molar-refractivity contribution in [3.8, 4) is 0 Å². The molecule has 0 amide bonds. The van der Waals surface area contributed by atoms with Crippen molar-refractivity contribution >= 4 is 21.6 Å². The van der Waals surface area contributed by atoms with E-state index in [1.54, 1.807) is 0 Å². The van der Waals surface area contributed by atoms with Crippen LogP contribution in [0.5, 0.6) is 0 Å². The van der Waals surface area contributed by atoms with Gasteiger partial charge in [0, 0.05) is 12.6 Å². The topological polar surface area (TPSA) is 43.3 Å². The molecule has 3 nitrogen and oxygen atoms in total. The highest BCUT2D eigenvalue weighted by molar-refractivity contribution is 9.10. The zero-order valence-corrected chi connectivity index (χ0v) is 10.3. The van der Waals surface area contributed by atoms with E-state index in [4.69, 9.17) is 5.73 Å². The molecule has 0 unspecified atom stereocenters. The van der Waals surface area contributed by atoms with E-state index in [1.165, 1.54) is 5.56 Å². The van der Waals surface area contributed by atoms with Gasteiger partial charge in [-0.05, 0) is 46.6 Å². The van der Waals surface area contributed by atoms with E-state index in [0.717, 1.165) is 28.8 Å². The zero-order chi connectivity index (χ0) is 10.8. The van der Waals surface area contributed by atoms with Gasteiger partial charge < -0.3 is 5.73 Å². The van der Waals surface area contributed by atoms with Gasteiger partial charge in [0.25, 0.3) is 0 Å². The summed E-state index contributed by atoms with van der Waals surface area (Å²) in [7, 11) is 0. The first-order chi connectivity index (χ1) is 7.26. The van der Waals surface area contributed by atoms with Crippen LogP contribution in [0.15, 0.2) is 22.9 Å². The fraction of sp³-hybridized carbons (Fsp3) is 0.364. The maximum Gasteiger partial charge on any atom is 0.138 e. The SMILES string of the molecule is CCc1ccn2c(Br)c(CCN)nc2c1. The van der Waals surface area contributed by atoms with Gasteiger partial charge >= 0.3 is 0 Å². The second-order valence-electron chi connectivity index (χ2n) is 3.50. The van der Waals surface area contributed by atoms with Gasteiger partial charge in [-0.15, -0.1) is 0 Å². The molecule has 0 aliphatic carbocycles. The van der Waals surface area contributed by atoms with Gasteiger partial charge in [0.05, 0.1) is 5.69 Å². The first kappa shape index (κ1) is 10.6. The number of aromatic nitrogens is 2. The van der Waals surface area contributed by atoms with Crippen molar-refractivity contribution in [1.29, 1.82) is 0 Å². The third-order valence-corrected chi connectivity index (χ3v) is 3.33. The molecule has 0 saturated carbocycles. The summed E-state index contributed by atoms with van der Waals surface area (Å²) in [5.41, 5.74) is 8.87. The lowest BCUT2D eigenvalue weighted by Crippen LogP contribution is -2.03. The van der Waals surface area contributed by atoms with Crippen molar-refractivity contribution in [3.05, 3.63) is 34.2 Å². The van der Waals surface area contributed by atoms with Gasteiger partial charge in [-0.2, -0.15) is 0 Å². The molecule has 0 fully saturated rings. The van der Waals surface area contributed by atoms with Gasteiger partial charge in [-0.3, -0.25) is 4.40 Å². The van der Waals surface area contributed by atoms with Crippen LogP contribution in [-0.4, -0.2) is 15.9 Å². The van der Waals surface area contributed by atoms with Crippen LogP contribution in [0.2, 0.25) is 0 Å². The number of nitrogens with two attached hydrogens (primary N) is 1. The molecule has 0 aliphatic heterocycles. The number of rotatable bonds is 3. The number of halogens is 1. The van der Waals surface area contributed by atoms with Crippen molar-refractivity contribution in [3.63, 3.8) is 0 Å². The highest BCUT2D eigenvalue weighted by atomic mass is 79.9. The second-order valence-corrected chi connectivity index (χ2v) is 4.26. The molecule has 2 heterocycles. The van der Waals surface area contributed by atoms with Crippen LogP contribution >= 0.6 is 15.9 Å². The van der Waals surface area contributed by atoms with Crippen LogP contribution in [0.1, 0.15) is 18.2 Å². The minimum atomic E-state index is 0.628. The quantitative estimate of drug-likeness (QED) is 0.927. The molecular weight excluding hydrogens is 254 g/mol. The Morgan fingerprint density at radius 3 is 3.00 bits per heavy atom. The predicted molar refractivity (Wildman–Crippen MR) is 65.0 cm³/mol. The monoisotopic (exact) mass is 267 g/mol. The third kappa shape index (κ3) is 1.92. The highest BCUT2D eigenvalue weighted by Gasteiger charge is 2.08. The molecule has 80 valence electrons. The highest BCUT2D eigenvalue weighted by Crippen LogP contribution is 2.20. The molecule has 0 radical (unpaired) electrons. The molecule has 2 aromatic heterocycles. The largest absolute Gasteiger partial charge is 0.330 e. The minimum Gasteiger partial charge on any atom is -0.330 e. The summed E-state index contributed by atoms with van der Waals surface area (Å²) in [5, 5.41) is 0. The van der Waals surface area contributed by atoms with Gasteiger partial charge in [0.1, 0.15) is 10.3 Å². The molecule has 0 aliphatic rings. The normalized spacial score (nSPS) is 11.1. The van der Waals surface area contributed by atoms with Crippen molar-refractivity contribution in [2.45, 2.75) is 19.8 Å². The smallest absolute Gasteiger partial charge is 0.138 e. The summed E-state index contributed by atoms with van der Waals surface area (Å²) in [6.45, 7) is 2.77. The fourth-order valence-corrected chi connectivity index (χ4v) is 2.21. The molecule has 15 heavy (non-hydrogen) atoms. The van der Waals surface area contributed by atoms with E-state index in [2.05, 4.69) is 40.0 Å². The lowest BCUT2D eigenvalue weighted by molar-refractivity contribution is 0.928. The number of hydrogen-bond acceptors (Lipinski definition) is 2. The summed E-state index contributed by atoms with van der Waals surface area (Å²) < 4.78 is 3.06. The summed E-state index contributed by atoms with van der Waals surface area (Å²) in [6.07, 6.45) is 3.89. The number of hydrogen-bond donors (Lipinski definition) is 1. The lowest BCUT2D eigenvalue weighted by Gasteiger charge is -1.98. The first-order valence-corrected chi connectivity index (χ1v) is 5.91. The van der Waals surface area contributed by atoms with E-state index >= 15 is 0 Å². The second kappa shape index (κ2) is 4.33. The number of pyridine rings is 1. The van der Waals surface area contributed by atoms with Crippen molar-refractivity contribution in [2.75, 3.05) is 6.54 Å². The number of aryl methyl sites for hydroxylation is 1. The Hall–Kier alpha value is -0.870. The lowest BCUT2D eigenvalue weighted by atomic mass is 10.2. The van der Waals surface area contributed by atoms with Gasteiger partial charge in [0.15, 0.2) is 0 Å². The summed E-state index contributed by atoms with van der Waals surface area (Å²) in [4.78, 5) is 4.55. The minimum absolute atomic E-state index is 0.628. The van der Waals surface area contributed by atoms with Crippen LogP contribution in [0.3, 0.4) is 0 Å². The molecule has 0 aromatic carbocycles. The number of fused-ring (bicyclic) bond motifs is 1. The summed E-state index contributed by atoms with van der Waals surface area (Å²) in [5.74, 6) is 0. The van der Waals surface area contributed by atoms with Crippen molar-refractivity contribution in [1.82, 2.24) is 9.38 Å². The van der Waals surface area contributed by atoms with E-state index in [9.17, 15) is 0 Å². The number of imidazole rings is 1. The molecular formula is C11H14BrN3. The summed E-state index contributed by atoms with van der Waals surface area (Å²) in [6, 6.07) is 4.23. The van der Waals surface area contributed by atoms with Crippen LogP contribution in [0.4, 0.5) is 0 Å². The Morgan fingerprint density at radius 1 is 1.53 bits per heavy atom. The maximum atomic E-state index is 5.54. The Kier molecular flexibility index (Phi) is 3.07. The standard InChI is InChI=1S/C11H14BrN3/c1-2-8-4-6-15-10(7-8)14-9(3-5-13)11(15)12/h4,6-7H,2-3,5,13H2,1H3. The fourth-order valence-electron chi connectivity index (χ4n) is 1.62. The average Bonchev–Trinajstić information content (AvgIpc) is 2.56. The van der Waals surface area contributed by atoms with E-state index in [0.29, 0.717) is 6.54 Å². The van der Waals surface area contributed by atoms with Crippen molar-refractivity contribution in [2.24, 2.45) is 5.73 Å². The Balaban J connectivity index is 2.55. The van der Waals surface area contributed by atoms with E-state index in [-0.39, 0.29) is 0 Å². The molecule has 2 rings (SSSR count). The van der Waals surface area contributed by atoms with E-state index < -0.39 is 0 Å². The van der Waals surface area contributed by atoms with Gasteiger partial charge in [-0.1, -0.05) is 6.92 Å². The van der Waals surface area contributed by atoms with Crippen LogP contribution in [0.25, 0.3) is 5.65 Å². The molecule has 2 N–H and O–H groups in total. The zero-order valence-electron chi connectivity index (χ0n) is 8.70. The third-order valence-electron chi connectivity index (χ3n) is 2.49. The Bertz CT molecular complexity index is 476. The van der Waals surface area contributed by atoms with Crippen LogP contribution < -0.4 is 5.73 Å². The van der Waals surface area contributed by atoms with Gasteiger partial charge in [-0.25, -0.2) is 4.98 Å². The maximum absolute atomic E-state index is 5.54. The molecule has 0 spiro atoms. The van der Waals surface area contributed by atoms with E-state index in [1.807, 2.05) is 10.6 Å². The van der Waals surface area contributed by atoms with Gasteiger partial charge in [0.2, 0.25) is 0 Å². The predicted octanol–water partition coefficient (Wildman–Crippen LogP) is 2.16. The first-order valence-electron chi connectivity index (χ1n) is 5.11. The molecule has 4 heteroatoms. The molecule has 2 aromatic rings. The Labute approximate surface area is 97.4 Å². The molecule has 0 saturated heterocycles. The molecule has 0 bridgehead atoms. The molecule has 0 atom stereocenters. The Morgan fingerprint density at radius 2 is 2.33 bits per heavy atom. The summed E-state index contributed by atoms with van der Waals surface area (Å²) >= 11 is 3.54. The average molecular weight is 268 g/mol. The van der Waals surface area contributed by atoms with Crippen LogP contribution in [-0.2, 0) is 12.8 Å². The number of nitrogens with zero attached hydrogens (tertiary/aromatic N) is 2. The van der Waals surface area contributed by atoms with Crippen LogP contribution in [0, 0.1) is 0 Å².